The SMILES string of the molecule is CC(=O)SCCN(CCc1ccccc1)C(=O)N[C@@H](Cc1ccc(O)cc1)C(=O)N1CCN(C)CC1. The van der Waals surface area contributed by atoms with Crippen LogP contribution >= 0.6 is 11.8 Å². The highest BCUT2D eigenvalue weighted by molar-refractivity contribution is 8.13. The molecule has 8 nitrogen and oxygen atoms in total. The van der Waals surface area contributed by atoms with Crippen molar-refractivity contribution in [1.29, 1.82) is 0 Å². The fraction of sp³-hybridized carbons (Fsp3) is 0.444. The zero-order valence-electron chi connectivity index (χ0n) is 21.1. The van der Waals surface area contributed by atoms with Crippen molar-refractivity contribution >= 4 is 28.8 Å². The number of nitrogens with zero attached hydrogens (tertiary/aromatic N) is 3. The Balaban J connectivity index is 1.73. The highest BCUT2D eigenvalue weighted by atomic mass is 32.2. The van der Waals surface area contributed by atoms with Gasteiger partial charge in [-0.3, -0.25) is 9.59 Å². The van der Waals surface area contributed by atoms with Crippen LogP contribution in [0.2, 0.25) is 0 Å². The number of piperazine rings is 1. The number of amides is 3. The summed E-state index contributed by atoms with van der Waals surface area (Å²) in [4.78, 5) is 44.0. The zero-order chi connectivity index (χ0) is 25.9. The van der Waals surface area contributed by atoms with Gasteiger partial charge in [-0.25, -0.2) is 4.79 Å². The van der Waals surface area contributed by atoms with E-state index < -0.39 is 6.04 Å². The van der Waals surface area contributed by atoms with E-state index >= 15 is 0 Å². The monoisotopic (exact) mass is 512 g/mol. The number of aromatic hydroxyl groups is 1. The van der Waals surface area contributed by atoms with Crippen molar-refractivity contribution in [2.24, 2.45) is 0 Å². The standard InChI is InChI=1S/C27H36N4O4S/c1-21(32)36-19-18-31(13-12-22-6-4-3-5-7-22)27(35)28-25(20-23-8-10-24(33)11-9-23)26(34)30-16-14-29(2)15-17-30/h3-11,25,33H,12-20H2,1-2H3,(H,28,35)/t25-/m0/s1. The van der Waals surface area contributed by atoms with Gasteiger partial charge in [0.25, 0.3) is 0 Å². The van der Waals surface area contributed by atoms with Crippen LogP contribution in [0.3, 0.4) is 0 Å². The molecule has 3 amide bonds. The Hall–Kier alpha value is -3.04. The molecule has 1 atom stereocenters. The van der Waals surface area contributed by atoms with Crippen molar-refractivity contribution < 1.29 is 19.5 Å². The first-order chi connectivity index (χ1) is 17.3. The Kier molecular flexibility index (Phi) is 10.6. The summed E-state index contributed by atoms with van der Waals surface area (Å²) < 4.78 is 0. The van der Waals surface area contributed by atoms with Gasteiger partial charge in [0.15, 0.2) is 5.12 Å². The third kappa shape index (κ3) is 8.87. The maximum Gasteiger partial charge on any atom is 0.318 e. The molecule has 1 aliphatic heterocycles. The molecule has 0 bridgehead atoms. The van der Waals surface area contributed by atoms with Gasteiger partial charge in [0, 0.05) is 58.4 Å². The Labute approximate surface area is 217 Å². The van der Waals surface area contributed by atoms with Gasteiger partial charge in [-0.1, -0.05) is 54.2 Å². The minimum absolute atomic E-state index is 0.00821. The van der Waals surface area contributed by atoms with Gasteiger partial charge in [0.2, 0.25) is 5.91 Å². The fourth-order valence-electron chi connectivity index (χ4n) is 4.08. The summed E-state index contributed by atoms with van der Waals surface area (Å²) in [5.74, 6) is 0.539. The van der Waals surface area contributed by atoms with Gasteiger partial charge >= 0.3 is 6.03 Å². The third-order valence-corrected chi connectivity index (χ3v) is 7.05. The average Bonchev–Trinajstić information content (AvgIpc) is 2.87. The molecule has 36 heavy (non-hydrogen) atoms. The lowest BCUT2D eigenvalue weighted by Gasteiger charge is -2.35. The Morgan fingerprint density at radius 1 is 0.972 bits per heavy atom. The smallest absolute Gasteiger partial charge is 0.318 e. The number of carbonyl (C=O) groups is 3. The summed E-state index contributed by atoms with van der Waals surface area (Å²) in [6.45, 7) is 5.20. The zero-order valence-corrected chi connectivity index (χ0v) is 21.9. The number of carbonyl (C=O) groups excluding carboxylic acids is 3. The van der Waals surface area contributed by atoms with Crippen molar-refractivity contribution in [2.45, 2.75) is 25.8 Å². The van der Waals surface area contributed by atoms with Crippen LogP contribution in [0.15, 0.2) is 54.6 Å². The maximum absolute atomic E-state index is 13.5. The van der Waals surface area contributed by atoms with Gasteiger partial charge in [-0.05, 0) is 36.7 Å². The second-order valence-electron chi connectivity index (χ2n) is 9.06. The van der Waals surface area contributed by atoms with Crippen LogP contribution < -0.4 is 5.32 Å². The van der Waals surface area contributed by atoms with Crippen LogP contribution in [0, 0.1) is 0 Å². The molecule has 1 aliphatic rings. The lowest BCUT2D eigenvalue weighted by molar-refractivity contribution is -0.134. The van der Waals surface area contributed by atoms with Crippen LogP contribution in [0.25, 0.3) is 0 Å². The summed E-state index contributed by atoms with van der Waals surface area (Å²) in [7, 11) is 2.03. The summed E-state index contributed by atoms with van der Waals surface area (Å²) in [5.41, 5.74) is 1.97. The Bertz CT molecular complexity index is 995. The molecule has 0 unspecified atom stereocenters. The van der Waals surface area contributed by atoms with Crippen molar-refractivity contribution in [1.82, 2.24) is 20.0 Å². The molecule has 0 aliphatic carbocycles. The number of phenolic OH excluding ortho intramolecular Hbond substituents is 1. The number of hydrogen-bond acceptors (Lipinski definition) is 6. The first-order valence-electron chi connectivity index (χ1n) is 12.3. The topological polar surface area (TPSA) is 93.2 Å². The molecule has 2 aromatic rings. The maximum atomic E-state index is 13.5. The van der Waals surface area contributed by atoms with Crippen molar-refractivity contribution in [3.05, 3.63) is 65.7 Å². The van der Waals surface area contributed by atoms with E-state index in [4.69, 9.17) is 0 Å². The molecule has 1 saturated heterocycles. The van der Waals surface area contributed by atoms with Crippen LogP contribution in [0.5, 0.6) is 5.75 Å². The highest BCUT2D eigenvalue weighted by Crippen LogP contribution is 2.14. The number of benzene rings is 2. The van der Waals surface area contributed by atoms with E-state index in [9.17, 15) is 19.5 Å². The third-order valence-electron chi connectivity index (χ3n) is 6.25. The molecule has 194 valence electrons. The van der Waals surface area contributed by atoms with E-state index in [2.05, 4.69) is 10.2 Å². The van der Waals surface area contributed by atoms with Crippen LogP contribution in [-0.4, -0.2) is 95.0 Å². The van der Waals surface area contributed by atoms with Crippen molar-refractivity contribution in [3.63, 3.8) is 0 Å². The normalized spacial score (nSPS) is 14.8. The van der Waals surface area contributed by atoms with E-state index in [0.29, 0.717) is 44.8 Å². The van der Waals surface area contributed by atoms with E-state index in [-0.39, 0.29) is 22.8 Å². The predicted molar refractivity (Wildman–Crippen MR) is 143 cm³/mol. The summed E-state index contributed by atoms with van der Waals surface area (Å²) >= 11 is 1.19. The molecular weight excluding hydrogens is 476 g/mol. The minimum atomic E-state index is -0.731. The molecule has 1 fully saturated rings. The number of urea groups is 1. The summed E-state index contributed by atoms with van der Waals surface area (Å²) in [6.07, 6.45) is 1.000. The second-order valence-corrected chi connectivity index (χ2v) is 10.3. The van der Waals surface area contributed by atoms with Gasteiger partial charge in [0.05, 0.1) is 0 Å². The van der Waals surface area contributed by atoms with Crippen LogP contribution in [0.4, 0.5) is 4.79 Å². The van der Waals surface area contributed by atoms with Gasteiger partial charge in [0.1, 0.15) is 11.8 Å². The largest absolute Gasteiger partial charge is 0.508 e. The number of nitrogens with one attached hydrogen (secondary N) is 1. The number of hydrogen-bond donors (Lipinski definition) is 2. The number of thioether (sulfide) groups is 1. The van der Waals surface area contributed by atoms with E-state index in [0.717, 1.165) is 24.2 Å². The van der Waals surface area contributed by atoms with E-state index in [1.54, 1.807) is 29.2 Å². The van der Waals surface area contributed by atoms with E-state index in [1.807, 2.05) is 42.3 Å². The number of likely N-dealkylation sites (N-methyl/N-ethyl adjacent to an activating group) is 1. The van der Waals surface area contributed by atoms with Gasteiger partial charge < -0.3 is 25.1 Å². The molecule has 0 aromatic heterocycles. The molecular formula is C27H36N4O4S. The average molecular weight is 513 g/mol. The predicted octanol–water partition coefficient (Wildman–Crippen LogP) is 2.61. The first kappa shape index (κ1) is 27.5. The fourth-order valence-corrected chi connectivity index (χ4v) is 4.68. The molecule has 0 spiro atoms. The van der Waals surface area contributed by atoms with Crippen molar-refractivity contribution in [3.8, 4) is 5.75 Å². The molecule has 2 aromatic carbocycles. The molecule has 3 rings (SSSR count). The minimum Gasteiger partial charge on any atom is -0.508 e. The first-order valence-corrected chi connectivity index (χ1v) is 13.3. The molecule has 9 heteroatoms. The molecule has 2 N–H and O–H groups in total. The molecule has 0 radical (unpaired) electrons. The Morgan fingerprint density at radius 3 is 2.28 bits per heavy atom. The number of phenols is 1. The molecule has 1 heterocycles. The Morgan fingerprint density at radius 2 is 1.64 bits per heavy atom. The highest BCUT2D eigenvalue weighted by Gasteiger charge is 2.29. The van der Waals surface area contributed by atoms with Crippen LogP contribution in [-0.2, 0) is 22.4 Å². The van der Waals surface area contributed by atoms with Gasteiger partial charge in [-0.2, -0.15) is 0 Å². The summed E-state index contributed by atoms with van der Waals surface area (Å²) in [5, 5.41) is 12.6. The quantitative estimate of drug-likeness (QED) is 0.508. The lowest BCUT2D eigenvalue weighted by Crippen LogP contribution is -2.57. The second kappa shape index (κ2) is 13.9. The van der Waals surface area contributed by atoms with Gasteiger partial charge in [-0.15, -0.1) is 0 Å². The summed E-state index contributed by atoms with van der Waals surface area (Å²) in [6, 6.07) is 15.6. The van der Waals surface area contributed by atoms with Crippen LogP contribution in [0.1, 0.15) is 18.1 Å². The van der Waals surface area contributed by atoms with Crippen molar-refractivity contribution in [2.75, 3.05) is 52.1 Å². The van der Waals surface area contributed by atoms with E-state index in [1.165, 1.54) is 18.7 Å². The molecule has 0 saturated carbocycles. The lowest BCUT2D eigenvalue weighted by atomic mass is 10.0. The number of rotatable bonds is 10.